The van der Waals surface area contributed by atoms with Crippen molar-refractivity contribution in [2.45, 2.75) is 5.16 Å². The van der Waals surface area contributed by atoms with Gasteiger partial charge in [-0.2, -0.15) is 5.10 Å². The number of hydrogen-bond donors (Lipinski definition) is 1. The van der Waals surface area contributed by atoms with Crippen molar-refractivity contribution < 1.29 is 14.3 Å². The molecule has 1 amide bonds. The molecule has 0 atom stereocenters. The number of carbonyl (C=O) groups excluding carboxylic acids is 1. The molecule has 2 heterocycles. The molecule has 0 saturated heterocycles. The van der Waals surface area contributed by atoms with E-state index < -0.39 is 0 Å². The van der Waals surface area contributed by atoms with Crippen molar-refractivity contribution in [2.24, 2.45) is 5.10 Å². The third-order valence-electron chi connectivity index (χ3n) is 4.82. The van der Waals surface area contributed by atoms with Crippen molar-refractivity contribution in [3.8, 4) is 28.6 Å². The third-order valence-corrected chi connectivity index (χ3v) is 6.28. The standard InChI is InChI=1S/C24H21BrN6O3S/c1-33-20-7-8-21(34-2)17(13-20)14-27-28-22(32)15-35-24-30-29-23(16-9-11-26-12-10-16)31(24)19-5-3-18(25)4-6-19/h3-14H,15H2,1-2H3,(H,28,32)/b27-14-. The van der Waals surface area contributed by atoms with E-state index in [-0.39, 0.29) is 11.7 Å². The fourth-order valence-electron chi connectivity index (χ4n) is 3.15. The predicted molar refractivity (Wildman–Crippen MR) is 138 cm³/mol. The molecular formula is C24H21BrN6O3S. The topological polar surface area (TPSA) is 104 Å². The quantitative estimate of drug-likeness (QED) is 0.187. The van der Waals surface area contributed by atoms with E-state index in [0.29, 0.717) is 28.0 Å². The van der Waals surface area contributed by atoms with Gasteiger partial charge < -0.3 is 9.47 Å². The molecule has 2 aromatic heterocycles. The lowest BCUT2D eigenvalue weighted by atomic mass is 10.2. The minimum Gasteiger partial charge on any atom is -0.497 e. The highest BCUT2D eigenvalue weighted by atomic mass is 79.9. The third kappa shape index (κ3) is 6.06. The van der Waals surface area contributed by atoms with Crippen LogP contribution in [0.2, 0.25) is 0 Å². The van der Waals surface area contributed by atoms with E-state index in [1.165, 1.54) is 18.0 Å². The number of aromatic nitrogens is 4. The largest absolute Gasteiger partial charge is 0.497 e. The average molecular weight is 553 g/mol. The van der Waals surface area contributed by atoms with Crippen LogP contribution in [-0.4, -0.2) is 51.8 Å². The van der Waals surface area contributed by atoms with Gasteiger partial charge >= 0.3 is 0 Å². The summed E-state index contributed by atoms with van der Waals surface area (Å²) in [5, 5.41) is 13.3. The summed E-state index contributed by atoms with van der Waals surface area (Å²) in [6.45, 7) is 0. The monoisotopic (exact) mass is 552 g/mol. The van der Waals surface area contributed by atoms with Crippen LogP contribution in [0.4, 0.5) is 0 Å². The molecule has 2 aromatic carbocycles. The zero-order valence-corrected chi connectivity index (χ0v) is 21.3. The fourth-order valence-corrected chi connectivity index (χ4v) is 4.16. The Kier molecular flexibility index (Phi) is 8.11. The molecule has 4 aromatic rings. The number of methoxy groups -OCH3 is 2. The zero-order chi connectivity index (χ0) is 24.6. The summed E-state index contributed by atoms with van der Waals surface area (Å²) in [5.41, 5.74) is 4.95. The van der Waals surface area contributed by atoms with E-state index in [2.05, 4.69) is 41.6 Å². The highest BCUT2D eigenvalue weighted by Crippen LogP contribution is 2.28. The number of hydrazone groups is 1. The lowest BCUT2D eigenvalue weighted by molar-refractivity contribution is -0.118. The molecule has 0 radical (unpaired) electrons. The number of thioether (sulfide) groups is 1. The van der Waals surface area contributed by atoms with Crippen LogP contribution in [-0.2, 0) is 4.79 Å². The van der Waals surface area contributed by atoms with Crippen LogP contribution in [0, 0.1) is 0 Å². The Hall–Kier alpha value is -3.70. The number of hydrogen-bond acceptors (Lipinski definition) is 8. The number of carbonyl (C=O) groups is 1. The molecule has 9 nitrogen and oxygen atoms in total. The van der Waals surface area contributed by atoms with Gasteiger partial charge in [0.05, 0.1) is 26.2 Å². The molecule has 0 aliphatic heterocycles. The zero-order valence-electron chi connectivity index (χ0n) is 18.9. The minimum atomic E-state index is -0.288. The summed E-state index contributed by atoms with van der Waals surface area (Å²) in [5.74, 6) is 1.73. The van der Waals surface area contributed by atoms with Gasteiger partial charge in [-0.3, -0.25) is 14.3 Å². The second-order valence-electron chi connectivity index (χ2n) is 7.04. The molecule has 0 fully saturated rings. The van der Waals surface area contributed by atoms with Crippen molar-refractivity contribution in [1.29, 1.82) is 0 Å². The van der Waals surface area contributed by atoms with Crippen LogP contribution in [0.1, 0.15) is 5.56 Å². The molecule has 178 valence electrons. The van der Waals surface area contributed by atoms with Crippen LogP contribution in [0.5, 0.6) is 11.5 Å². The number of halogens is 1. The highest BCUT2D eigenvalue weighted by molar-refractivity contribution is 9.10. The van der Waals surface area contributed by atoms with Gasteiger partial charge in [0.2, 0.25) is 0 Å². The molecule has 11 heteroatoms. The lowest BCUT2D eigenvalue weighted by Gasteiger charge is -2.10. The Morgan fingerprint density at radius 1 is 1.09 bits per heavy atom. The summed E-state index contributed by atoms with van der Waals surface area (Å²) in [6.07, 6.45) is 4.91. The van der Waals surface area contributed by atoms with E-state index in [9.17, 15) is 4.79 Å². The lowest BCUT2D eigenvalue weighted by Crippen LogP contribution is -2.20. The smallest absolute Gasteiger partial charge is 0.250 e. The Morgan fingerprint density at radius 3 is 2.57 bits per heavy atom. The second kappa shape index (κ2) is 11.6. The maximum atomic E-state index is 12.5. The molecule has 0 aliphatic carbocycles. The van der Waals surface area contributed by atoms with E-state index in [1.807, 2.05) is 41.0 Å². The highest BCUT2D eigenvalue weighted by Gasteiger charge is 2.17. The molecule has 0 spiro atoms. The molecule has 0 saturated carbocycles. The van der Waals surface area contributed by atoms with Gasteiger partial charge in [-0.1, -0.05) is 27.7 Å². The summed E-state index contributed by atoms with van der Waals surface area (Å²) >= 11 is 4.72. The summed E-state index contributed by atoms with van der Waals surface area (Å²) in [6, 6.07) is 16.8. The fraction of sp³-hybridized carbons (Fsp3) is 0.125. The summed E-state index contributed by atoms with van der Waals surface area (Å²) in [7, 11) is 3.14. The van der Waals surface area contributed by atoms with Gasteiger partial charge in [0.1, 0.15) is 11.5 Å². The number of nitrogens with zero attached hydrogens (tertiary/aromatic N) is 5. The van der Waals surface area contributed by atoms with Gasteiger partial charge in [-0.25, -0.2) is 5.43 Å². The van der Waals surface area contributed by atoms with Crippen molar-refractivity contribution in [2.75, 3.05) is 20.0 Å². The first-order valence-electron chi connectivity index (χ1n) is 10.4. The van der Waals surface area contributed by atoms with E-state index in [1.54, 1.807) is 44.8 Å². The van der Waals surface area contributed by atoms with Crippen molar-refractivity contribution in [3.05, 3.63) is 77.0 Å². The first-order chi connectivity index (χ1) is 17.1. The minimum absolute atomic E-state index is 0.0948. The van der Waals surface area contributed by atoms with Crippen molar-refractivity contribution >= 4 is 39.8 Å². The van der Waals surface area contributed by atoms with Crippen LogP contribution in [0.15, 0.2) is 81.7 Å². The maximum absolute atomic E-state index is 12.5. The Balaban J connectivity index is 1.49. The van der Waals surface area contributed by atoms with Crippen LogP contribution in [0.25, 0.3) is 17.1 Å². The van der Waals surface area contributed by atoms with Gasteiger partial charge in [0, 0.05) is 33.7 Å². The number of rotatable bonds is 9. The maximum Gasteiger partial charge on any atom is 0.250 e. The molecule has 35 heavy (non-hydrogen) atoms. The molecule has 0 bridgehead atoms. The molecule has 0 aliphatic rings. The Labute approximate surface area is 214 Å². The summed E-state index contributed by atoms with van der Waals surface area (Å²) in [4.78, 5) is 16.6. The van der Waals surface area contributed by atoms with Crippen LogP contribution >= 0.6 is 27.7 Å². The SMILES string of the molecule is COc1ccc(OC)c(/C=N\NC(=O)CSc2nnc(-c3ccncc3)n2-c2ccc(Br)cc2)c1. The first-order valence-corrected chi connectivity index (χ1v) is 12.2. The van der Waals surface area contributed by atoms with Gasteiger partial charge in [-0.05, 0) is 54.6 Å². The predicted octanol–water partition coefficient (Wildman–Crippen LogP) is 4.35. The van der Waals surface area contributed by atoms with Crippen molar-refractivity contribution in [1.82, 2.24) is 25.2 Å². The van der Waals surface area contributed by atoms with Crippen molar-refractivity contribution in [3.63, 3.8) is 0 Å². The van der Waals surface area contributed by atoms with E-state index in [4.69, 9.17) is 9.47 Å². The van der Waals surface area contributed by atoms with Gasteiger partial charge in [0.15, 0.2) is 11.0 Å². The number of amides is 1. The average Bonchev–Trinajstić information content (AvgIpc) is 3.32. The van der Waals surface area contributed by atoms with Gasteiger partial charge in [-0.15, -0.1) is 10.2 Å². The number of ether oxygens (including phenoxy) is 2. The van der Waals surface area contributed by atoms with Gasteiger partial charge in [0.25, 0.3) is 5.91 Å². The second-order valence-corrected chi connectivity index (χ2v) is 8.90. The first kappa shape index (κ1) is 24.4. The molecule has 1 N–H and O–H groups in total. The Morgan fingerprint density at radius 2 is 1.86 bits per heavy atom. The molecule has 4 rings (SSSR count). The van der Waals surface area contributed by atoms with E-state index >= 15 is 0 Å². The number of pyridine rings is 1. The number of benzene rings is 2. The number of nitrogens with one attached hydrogen (secondary N) is 1. The normalized spacial score (nSPS) is 10.9. The Bertz CT molecular complexity index is 1330. The molecule has 0 unspecified atom stereocenters. The van der Waals surface area contributed by atoms with Crippen LogP contribution < -0.4 is 14.9 Å². The van der Waals surface area contributed by atoms with E-state index in [0.717, 1.165) is 15.7 Å². The van der Waals surface area contributed by atoms with Crippen LogP contribution in [0.3, 0.4) is 0 Å². The molecular weight excluding hydrogens is 532 g/mol. The summed E-state index contributed by atoms with van der Waals surface area (Å²) < 4.78 is 13.4.